The molecule has 1 unspecified atom stereocenters. The number of ketones is 2. The number of aromatic nitrogens is 3. The number of anilines is 1. The smallest absolute Gasteiger partial charge is 0.301 e. The maximum Gasteiger partial charge on any atom is 0.301 e. The van der Waals surface area contributed by atoms with E-state index in [9.17, 15) is 19.5 Å². The summed E-state index contributed by atoms with van der Waals surface area (Å²) in [6.45, 7) is 9.70. The average Bonchev–Trinajstić information content (AvgIpc) is 3.61. The first-order valence-electron chi connectivity index (χ1n) is 14.3. The second-order valence-corrected chi connectivity index (χ2v) is 11.3. The first-order chi connectivity index (χ1) is 20.7. The number of aliphatic hydroxyl groups is 1. The van der Waals surface area contributed by atoms with Crippen molar-refractivity contribution in [1.29, 1.82) is 0 Å². The van der Waals surface area contributed by atoms with Gasteiger partial charge in [-0.25, -0.2) is 9.97 Å². The zero-order valence-corrected chi connectivity index (χ0v) is 25.7. The van der Waals surface area contributed by atoms with E-state index in [-0.39, 0.29) is 22.2 Å². The van der Waals surface area contributed by atoms with Crippen LogP contribution >= 0.6 is 11.3 Å². The Morgan fingerprint density at radius 1 is 1.02 bits per heavy atom. The predicted octanol–water partition coefficient (Wildman–Crippen LogP) is 6.20. The largest absolute Gasteiger partial charge is 0.505 e. The number of fused-ring (bicyclic) bond motifs is 1. The molecule has 11 heteroatoms. The number of nitrogens with zero attached hydrogens (tertiary/aromatic N) is 4. The zero-order valence-electron chi connectivity index (χ0n) is 24.8. The Bertz CT molecular complexity index is 1750. The van der Waals surface area contributed by atoms with Gasteiger partial charge in [0.25, 0.3) is 5.78 Å². The third-order valence-electron chi connectivity index (χ3n) is 7.27. The van der Waals surface area contributed by atoms with Crippen LogP contribution in [0.4, 0.5) is 5.13 Å². The molecule has 1 saturated heterocycles. The van der Waals surface area contributed by atoms with Gasteiger partial charge in [0.1, 0.15) is 11.3 Å². The van der Waals surface area contributed by atoms with Gasteiger partial charge in [0.05, 0.1) is 41.1 Å². The first-order valence-corrected chi connectivity index (χ1v) is 15.1. The van der Waals surface area contributed by atoms with Gasteiger partial charge in [-0.15, -0.1) is 0 Å². The SMILES string of the molecule is CCCCCOc1ccc(C2/C(=C(\O)c3c(C)nc4ccccn34)C(=O)C(=O)N2c2nc(C)c(C(C)=O)s2)cc1OCC. The van der Waals surface area contributed by atoms with Gasteiger partial charge < -0.3 is 14.6 Å². The molecule has 4 heterocycles. The molecule has 0 radical (unpaired) electrons. The van der Waals surface area contributed by atoms with Gasteiger partial charge in [0, 0.05) is 13.1 Å². The molecule has 1 fully saturated rings. The Balaban J connectivity index is 1.71. The lowest BCUT2D eigenvalue weighted by molar-refractivity contribution is -0.132. The maximum absolute atomic E-state index is 13.8. The van der Waals surface area contributed by atoms with Crippen molar-refractivity contribution in [1.82, 2.24) is 14.4 Å². The van der Waals surface area contributed by atoms with Crippen LogP contribution in [0.25, 0.3) is 11.4 Å². The fourth-order valence-electron chi connectivity index (χ4n) is 5.30. The molecular weight excluding hydrogens is 568 g/mol. The van der Waals surface area contributed by atoms with E-state index in [2.05, 4.69) is 16.9 Å². The van der Waals surface area contributed by atoms with Crippen molar-refractivity contribution in [3.8, 4) is 11.5 Å². The van der Waals surface area contributed by atoms with E-state index in [4.69, 9.17) is 9.47 Å². The van der Waals surface area contributed by atoms with Crippen LogP contribution in [-0.2, 0) is 9.59 Å². The number of carbonyl (C=O) groups is 3. The lowest BCUT2D eigenvalue weighted by atomic mass is 9.96. The van der Waals surface area contributed by atoms with Crippen LogP contribution in [0.1, 0.15) is 78.4 Å². The number of amides is 1. The quantitative estimate of drug-likeness (QED) is 0.0707. The van der Waals surface area contributed by atoms with E-state index in [1.165, 1.54) is 11.8 Å². The minimum absolute atomic E-state index is 0.116. The summed E-state index contributed by atoms with van der Waals surface area (Å²) in [7, 11) is 0. The fourth-order valence-corrected chi connectivity index (χ4v) is 6.29. The van der Waals surface area contributed by atoms with Gasteiger partial charge in [0.15, 0.2) is 28.2 Å². The van der Waals surface area contributed by atoms with E-state index >= 15 is 0 Å². The number of carbonyl (C=O) groups excluding carboxylic acids is 3. The van der Waals surface area contributed by atoms with Crippen LogP contribution in [0, 0.1) is 13.8 Å². The predicted molar refractivity (Wildman–Crippen MR) is 164 cm³/mol. The van der Waals surface area contributed by atoms with Crippen molar-refractivity contribution in [2.24, 2.45) is 0 Å². The van der Waals surface area contributed by atoms with Crippen LogP contribution in [0.3, 0.4) is 0 Å². The van der Waals surface area contributed by atoms with Crippen molar-refractivity contribution in [3.63, 3.8) is 0 Å². The normalized spacial score (nSPS) is 16.3. The van der Waals surface area contributed by atoms with Gasteiger partial charge >= 0.3 is 5.91 Å². The third kappa shape index (κ3) is 5.52. The summed E-state index contributed by atoms with van der Waals surface area (Å²) in [5.74, 6) is -1.30. The number of hydrogen-bond donors (Lipinski definition) is 1. The summed E-state index contributed by atoms with van der Waals surface area (Å²) in [5, 5.41) is 12.0. The molecule has 0 saturated carbocycles. The van der Waals surface area contributed by atoms with E-state index in [1.807, 2.05) is 13.0 Å². The number of aliphatic hydroxyl groups excluding tert-OH is 1. The molecule has 10 nitrogen and oxygen atoms in total. The molecule has 4 aromatic rings. The average molecular weight is 603 g/mol. The van der Waals surface area contributed by atoms with Crippen LogP contribution < -0.4 is 14.4 Å². The van der Waals surface area contributed by atoms with E-state index < -0.39 is 17.7 Å². The molecule has 1 N–H and O–H groups in total. The standard InChI is InChI=1S/C32H34N4O6S/c1-6-8-11-16-42-22-14-13-21(17-23(22)41-7-2)27-25(28(38)26-18(3)33-24-12-9-10-15-35(24)26)29(39)31(40)36(27)32-34-19(4)30(43-32)20(5)37/h9-10,12-15,17,27,38H,6-8,11,16H2,1-5H3/b28-25+. The van der Waals surface area contributed by atoms with E-state index in [1.54, 1.807) is 54.8 Å². The summed E-state index contributed by atoms with van der Waals surface area (Å²) in [4.78, 5) is 50.5. The first kappa shape index (κ1) is 30.0. The molecule has 3 aromatic heterocycles. The van der Waals surface area contributed by atoms with Crippen molar-refractivity contribution < 1.29 is 29.0 Å². The molecule has 1 atom stereocenters. The van der Waals surface area contributed by atoms with Gasteiger partial charge in [-0.1, -0.05) is 43.2 Å². The lowest BCUT2D eigenvalue weighted by Gasteiger charge is -2.24. The molecule has 1 aliphatic heterocycles. The maximum atomic E-state index is 13.8. The molecule has 0 aliphatic carbocycles. The van der Waals surface area contributed by atoms with Crippen LogP contribution in [-0.4, -0.2) is 50.2 Å². The van der Waals surface area contributed by atoms with Crippen molar-refractivity contribution >= 4 is 45.3 Å². The summed E-state index contributed by atoms with van der Waals surface area (Å²) in [5.41, 5.74) is 2.22. The number of rotatable bonds is 11. The molecule has 1 aromatic carbocycles. The highest BCUT2D eigenvalue weighted by atomic mass is 32.1. The molecule has 1 amide bonds. The topological polar surface area (TPSA) is 123 Å². The van der Waals surface area contributed by atoms with Gasteiger partial charge in [-0.3, -0.25) is 23.7 Å². The number of Topliss-reactive ketones (excluding diaryl/α,β-unsaturated/α-hetero) is 2. The Kier molecular flexibility index (Phi) is 8.63. The molecule has 224 valence electrons. The molecular formula is C32H34N4O6S. The Morgan fingerprint density at radius 2 is 1.81 bits per heavy atom. The summed E-state index contributed by atoms with van der Waals surface area (Å²) >= 11 is 1.03. The van der Waals surface area contributed by atoms with Crippen molar-refractivity contribution in [2.75, 3.05) is 18.1 Å². The number of ether oxygens (including phenoxy) is 2. The van der Waals surface area contributed by atoms with Crippen molar-refractivity contribution in [3.05, 3.63) is 75.7 Å². The highest BCUT2D eigenvalue weighted by Gasteiger charge is 2.49. The Hall–Kier alpha value is -4.51. The number of benzene rings is 1. The van der Waals surface area contributed by atoms with E-state index in [0.29, 0.717) is 57.9 Å². The van der Waals surface area contributed by atoms with Crippen molar-refractivity contribution in [2.45, 2.75) is 59.9 Å². The highest BCUT2D eigenvalue weighted by molar-refractivity contribution is 7.18. The monoisotopic (exact) mass is 602 g/mol. The second-order valence-electron chi connectivity index (χ2n) is 10.3. The van der Waals surface area contributed by atoms with E-state index in [0.717, 1.165) is 30.6 Å². The molecule has 1 aliphatic rings. The number of imidazole rings is 1. The lowest BCUT2D eigenvalue weighted by Crippen LogP contribution is -2.29. The Labute approximate surface area is 253 Å². The molecule has 43 heavy (non-hydrogen) atoms. The summed E-state index contributed by atoms with van der Waals surface area (Å²) in [6, 6.07) is 9.56. The molecule has 5 rings (SSSR count). The molecule has 0 bridgehead atoms. The van der Waals surface area contributed by atoms with Gasteiger partial charge in [0.2, 0.25) is 0 Å². The zero-order chi connectivity index (χ0) is 30.8. The van der Waals surface area contributed by atoms with Crippen LogP contribution in [0.15, 0.2) is 48.2 Å². The molecule has 0 spiro atoms. The Morgan fingerprint density at radius 3 is 2.51 bits per heavy atom. The summed E-state index contributed by atoms with van der Waals surface area (Å²) < 4.78 is 13.6. The number of unbranched alkanes of at least 4 members (excludes halogenated alkanes) is 2. The number of hydrogen-bond acceptors (Lipinski definition) is 9. The fraction of sp³-hybridized carbons (Fsp3) is 0.344. The van der Waals surface area contributed by atoms with Gasteiger partial charge in [-0.05, 0) is 57.0 Å². The minimum atomic E-state index is -1.06. The minimum Gasteiger partial charge on any atom is -0.505 e. The number of aryl methyl sites for hydroxylation is 2. The number of thiazole rings is 1. The number of pyridine rings is 1. The highest BCUT2D eigenvalue weighted by Crippen LogP contribution is 2.46. The van der Waals surface area contributed by atoms with Crippen LogP contribution in [0.5, 0.6) is 11.5 Å². The van der Waals surface area contributed by atoms with Gasteiger partial charge in [-0.2, -0.15) is 0 Å². The second kappa shape index (κ2) is 12.4. The summed E-state index contributed by atoms with van der Waals surface area (Å²) in [6.07, 6.45) is 4.72. The van der Waals surface area contributed by atoms with Crippen LogP contribution in [0.2, 0.25) is 0 Å². The third-order valence-corrected chi connectivity index (χ3v) is 8.53.